The number of halogens is 1. The Balaban J connectivity index is 1.60. The monoisotopic (exact) mass is 394 g/mol. The van der Waals surface area contributed by atoms with Gasteiger partial charge in [0.25, 0.3) is 0 Å². The van der Waals surface area contributed by atoms with Crippen LogP contribution in [0.2, 0.25) is 0 Å². The Bertz CT molecular complexity index is 979. The zero-order chi connectivity index (χ0) is 20.8. The Morgan fingerprint density at radius 3 is 1.79 bits per heavy atom. The molecule has 3 aromatic rings. The fourth-order valence-electron chi connectivity index (χ4n) is 2.55. The van der Waals surface area contributed by atoms with Crippen molar-refractivity contribution in [1.29, 1.82) is 0 Å². The van der Waals surface area contributed by atoms with Crippen LogP contribution in [0.5, 0.6) is 17.2 Å². The van der Waals surface area contributed by atoms with Crippen LogP contribution in [0.15, 0.2) is 72.8 Å². The highest BCUT2D eigenvalue weighted by atomic mass is 19.1. The number of ether oxygens (including phenoxy) is 3. The third kappa shape index (κ3) is 5.19. The molecule has 0 aliphatic heterocycles. The number of ketones is 1. The van der Waals surface area contributed by atoms with E-state index in [2.05, 4.69) is 0 Å². The minimum Gasteiger partial charge on any atom is -0.497 e. The second kappa shape index (κ2) is 9.01. The highest BCUT2D eigenvalue weighted by Crippen LogP contribution is 2.20. The predicted molar refractivity (Wildman–Crippen MR) is 105 cm³/mol. The van der Waals surface area contributed by atoms with E-state index in [4.69, 9.17) is 14.2 Å². The average Bonchev–Trinajstić information content (AvgIpc) is 2.75. The highest BCUT2D eigenvalue weighted by Gasteiger charge is 2.18. The number of hydrogen-bond acceptors (Lipinski definition) is 5. The smallest absolute Gasteiger partial charge is 0.352 e. The standard InChI is InChI=1S/C23H19FO5/c1-15(28-20-13-11-19(27-2)12-14-20)23(26)29-21-9-5-17(6-10-21)22(25)16-3-7-18(24)8-4-16/h3-15H,1-2H3. The molecule has 0 fully saturated rings. The lowest BCUT2D eigenvalue weighted by atomic mass is 10.0. The van der Waals surface area contributed by atoms with E-state index >= 15 is 0 Å². The number of carbonyl (C=O) groups excluding carboxylic acids is 2. The molecule has 148 valence electrons. The van der Waals surface area contributed by atoms with Crippen LogP contribution in [-0.4, -0.2) is 25.0 Å². The molecule has 0 aliphatic carbocycles. The molecule has 3 aromatic carbocycles. The SMILES string of the molecule is COc1ccc(OC(C)C(=O)Oc2ccc(C(=O)c3ccc(F)cc3)cc2)cc1. The first kappa shape index (κ1) is 20.1. The van der Waals surface area contributed by atoms with Crippen LogP contribution in [0.1, 0.15) is 22.8 Å². The summed E-state index contributed by atoms with van der Waals surface area (Å²) in [6.07, 6.45) is -0.830. The molecule has 0 radical (unpaired) electrons. The van der Waals surface area contributed by atoms with Crippen molar-refractivity contribution in [2.75, 3.05) is 7.11 Å². The Labute approximate surface area is 167 Å². The summed E-state index contributed by atoms with van der Waals surface area (Å²) < 4.78 is 28.9. The Hall–Kier alpha value is -3.67. The van der Waals surface area contributed by atoms with Gasteiger partial charge in [-0.1, -0.05) is 0 Å². The van der Waals surface area contributed by atoms with Gasteiger partial charge in [0.1, 0.15) is 23.1 Å². The van der Waals surface area contributed by atoms with Gasteiger partial charge >= 0.3 is 5.97 Å². The lowest BCUT2D eigenvalue weighted by Crippen LogP contribution is -2.28. The van der Waals surface area contributed by atoms with Crippen LogP contribution < -0.4 is 14.2 Å². The fraction of sp³-hybridized carbons (Fsp3) is 0.130. The van der Waals surface area contributed by atoms with E-state index in [0.29, 0.717) is 22.6 Å². The van der Waals surface area contributed by atoms with Crippen molar-refractivity contribution in [2.45, 2.75) is 13.0 Å². The predicted octanol–water partition coefficient (Wildman–Crippen LogP) is 4.44. The van der Waals surface area contributed by atoms with Gasteiger partial charge in [0.2, 0.25) is 0 Å². The molecule has 0 spiro atoms. The van der Waals surface area contributed by atoms with Crippen LogP contribution in [0, 0.1) is 5.82 Å². The summed E-state index contributed by atoms with van der Waals surface area (Å²) in [6, 6.07) is 18.3. The maximum atomic E-state index is 13.0. The average molecular weight is 394 g/mol. The summed E-state index contributed by atoms with van der Waals surface area (Å²) in [5.41, 5.74) is 0.775. The van der Waals surface area contributed by atoms with Crippen molar-refractivity contribution in [3.05, 3.63) is 89.7 Å². The number of carbonyl (C=O) groups is 2. The maximum Gasteiger partial charge on any atom is 0.352 e. The van der Waals surface area contributed by atoms with E-state index in [-0.39, 0.29) is 11.5 Å². The molecule has 0 saturated heterocycles. The molecular formula is C23H19FO5. The van der Waals surface area contributed by atoms with Crippen LogP contribution in [0.25, 0.3) is 0 Å². The molecule has 0 aromatic heterocycles. The van der Waals surface area contributed by atoms with E-state index in [1.807, 2.05) is 0 Å². The molecule has 29 heavy (non-hydrogen) atoms. The van der Waals surface area contributed by atoms with E-state index in [1.54, 1.807) is 50.4 Å². The molecule has 0 aliphatic rings. The van der Waals surface area contributed by atoms with Gasteiger partial charge < -0.3 is 14.2 Å². The minimum absolute atomic E-state index is 0.251. The molecule has 6 heteroatoms. The molecule has 5 nitrogen and oxygen atoms in total. The quantitative estimate of drug-likeness (QED) is 0.337. The summed E-state index contributed by atoms with van der Waals surface area (Å²) in [6.45, 7) is 1.58. The Kier molecular flexibility index (Phi) is 6.24. The van der Waals surface area contributed by atoms with Gasteiger partial charge in [-0.2, -0.15) is 0 Å². The molecule has 0 N–H and O–H groups in total. The Morgan fingerprint density at radius 2 is 1.24 bits per heavy atom. The van der Waals surface area contributed by atoms with Crippen LogP contribution in [-0.2, 0) is 4.79 Å². The van der Waals surface area contributed by atoms with E-state index in [9.17, 15) is 14.0 Å². The fourth-order valence-corrected chi connectivity index (χ4v) is 2.55. The lowest BCUT2D eigenvalue weighted by molar-refractivity contribution is -0.141. The zero-order valence-electron chi connectivity index (χ0n) is 15.9. The number of hydrogen-bond donors (Lipinski definition) is 0. The first-order chi connectivity index (χ1) is 14.0. The van der Waals surface area contributed by atoms with Gasteiger partial charge in [-0.15, -0.1) is 0 Å². The van der Waals surface area contributed by atoms with E-state index in [1.165, 1.54) is 36.4 Å². The molecule has 0 heterocycles. The third-order valence-corrected chi connectivity index (χ3v) is 4.15. The number of rotatable bonds is 7. The van der Waals surface area contributed by atoms with Crippen molar-refractivity contribution in [1.82, 2.24) is 0 Å². The maximum absolute atomic E-state index is 13.0. The summed E-state index contributed by atoms with van der Waals surface area (Å²) >= 11 is 0. The number of esters is 1. The van der Waals surface area contributed by atoms with E-state index < -0.39 is 17.9 Å². The van der Waals surface area contributed by atoms with Gasteiger partial charge in [-0.3, -0.25) is 4.79 Å². The summed E-state index contributed by atoms with van der Waals surface area (Å²) in [7, 11) is 1.56. The van der Waals surface area contributed by atoms with Gasteiger partial charge in [0.15, 0.2) is 11.9 Å². The largest absolute Gasteiger partial charge is 0.497 e. The topological polar surface area (TPSA) is 61.8 Å². The van der Waals surface area contributed by atoms with Gasteiger partial charge in [-0.05, 0) is 79.7 Å². The van der Waals surface area contributed by atoms with Crippen molar-refractivity contribution in [3.63, 3.8) is 0 Å². The van der Waals surface area contributed by atoms with Gasteiger partial charge in [0.05, 0.1) is 7.11 Å². The molecule has 0 saturated carbocycles. The van der Waals surface area contributed by atoms with Crippen molar-refractivity contribution < 1.29 is 28.2 Å². The first-order valence-corrected chi connectivity index (χ1v) is 8.89. The van der Waals surface area contributed by atoms with E-state index in [0.717, 1.165) is 0 Å². The molecule has 3 rings (SSSR count). The summed E-state index contributed by atoms with van der Waals surface area (Å²) in [5, 5.41) is 0. The second-order valence-electron chi connectivity index (χ2n) is 6.22. The third-order valence-electron chi connectivity index (χ3n) is 4.15. The lowest BCUT2D eigenvalue weighted by Gasteiger charge is -2.14. The normalized spacial score (nSPS) is 11.4. The number of methoxy groups -OCH3 is 1. The van der Waals surface area contributed by atoms with Crippen LogP contribution >= 0.6 is 0 Å². The van der Waals surface area contributed by atoms with Gasteiger partial charge in [-0.25, -0.2) is 9.18 Å². The second-order valence-corrected chi connectivity index (χ2v) is 6.22. The van der Waals surface area contributed by atoms with Crippen LogP contribution in [0.3, 0.4) is 0 Å². The van der Waals surface area contributed by atoms with Gasteiger partial charge in [0, 0.05) is 11.1 Å². The van der Waals surface area contributed by atoms with Crippen molar-refractivity contribution in [3.8, 4) is 17.2 Å². The highest BCUT2D eigenvalue weighted by molar-refractivity contribution is 6.09. The van der Waals surface area contributed by atoms with Crippen molar-refractivity contribution in [2.24, 2.45) is 0 Å². The van der Waals surface area contributed by atoms with Crippen molar-refractivity contribution >= 4 is 11.8 Å². The number of benzene rings is 3. The molecular weight excluding hydrogens is 375 g/mol. The minimum atomic E-state index is -0.830. The summed E-state index contributed by atoms with van der Waals surface area (Å²) in [4.78, 5) is 24.6. The summed E-state index contributed by atoms with van der Waals surface area (Å²) in [5.74, 6) is 0.251. The zero-order valence-corrected chi connectivity index (χ0v) is 15.9. The molecule has 1 atom stereocenters. The molecule has 0 bridgehead atoms. The van der Waals surface area contributed by atoms with Crippen LogP contribution in [0.4, 0.5) is 4.39 Å². The first-order valence-electron chi connectivity index (χ1n) is 8.89. The molecule has 0 amide bonds. The Morgan fingerprint density at radius 1 is 0.759 bits per heavy atom. The molecule has 1 unspecified atom stereocenters.